The molecule has 2 heterocycles. The number of hydrogen-bond acceptors (Lipinski definition) is 5. The van der Waals surface area contributed by atoms with Crippen molar-refractivity contribution in [3.63, 3.8) is 0 Å². The standard InChI is InChI=1S/C23H30ClN5O/c1-28(2)20-5-3-4-17(14-20)23(30)25-19-10-12-29(13-11-19)22-15-21(26-27-22)16-6-8-18(24)9-7-16/h3-9,14,19,21-22,26-27H,10-13,15H2,1-2H3,(H,25,30). The molecule has 6 nitrogen and oxygen atoms in total. The fourth-order valence-electron chi connectivity index (χ4n) is 4.24. The molecular weight excluding hydrogens is 398 g/mol. The number of piperidine rings is 1. The topological polar surface area (TPSA) is 59.6 Å². The summed E-state index contributed by atoms with van der Waals surface area (Å²) in [5.41, 5.74) is 9.85. The van der Waals surface area contributed by atoms with Crippen molar-refractivity contribution in [3.8, 4) is 0 Å². The van der Waals surface area contributed by atoms with E-state index in [1.807, 2.05) is 55.4 Å². The normalized spacial score (nSPS) is 22.8. The first kappa shape index (κ1) is 21.1. The Balaban J connectivity index is 1.26. The Morgan fingerprint density at radius 3 is 2.53 bits per heavy atom. The molecule has 2 aromatic rings. The summed E-state index contributed by atoms with van der Waals surface area (Å²) < 4.78 is 0. The van der Waals surface area contributed by atoms with Crippen LogP contribution in [0.4, 0.5) is 5.69 Å². The summed E-state index contributed by atoms with van der Waals surface area (Å²) in [6.45, 7) is 1.94. The Hall–Kier alpha value is -2.12. The van der Waals surface area contributed by atoms with E-state index in [2.05, 4.69) is 33.2 Å². The van der Waals surface area contributed by atoms with Crippen LogP contribution in [0.25, 0.3) is 0 Å². The quantitative estimate of drug-likeness (QED) is 0.684. The van der Waals surface area contributed by atoms with Crippen molar-refractivity contribution in [1.29, 1.82) is 0 Å². The van der Waals surface area contributed by atoms with Gasteiger partial charge in [-0.1, -0.05) is 29.8 Å². The Morgan fingerprint density at radius 1 is 1.10 bits per heavy atom. The first-order valence-electron chi connectivity index (χ1n) is 10.6. The van der Waals surface area contributed by atoms with Crippen molar-refractivity contribution in [2.24, 2.45) is 0 Å². The molecule has 2 aromatic carbocycles. The zero-order valence-electron chi connectivity index (χ0n) is 17.6. The maximum Gasteiger partial charge on any atom is 0.251 e. The average Bonchev–Trinajstić information content (AvgIpc) is 3.25. The van der Waals surface area contributed by atoms with Gasteiger partial charge in [0.1, 0.15) is 0 Å². The molecule has 2 atom stereocenters. The minimum atomic E-state index is 0.0145. The summed E-state index contributed by atoms with van der Waals surface area (Å²) in [6, 6.07) is 16.3. The molecule has 0 spiro atoms. The van der Waals surface area contributed by atoms with Gasteiger partial charge >= 0.3 is 0 Å². The van der Waals surface area contributed by atoms with Crippen LogP contribution < -0.4 is 21.1 Å². The summed E-state index contributed by atoms with van der Waals surface area (Å²) in [6.07, 6.45) is 3.24. The molecule has 0 radical (unpaired) electrons. The number of likely N-dealkylation sites (tertiary alicyclic amines) is 1. The molecule has 2 saturated heterocycles. The lowest BCUT2D eigenvalue weighted by molar-refractivity contribution is 0.0880. The second kappa shape index (κ2) is 9.35. The third kappa shape index (κ3) is 4.95. The average molecular weight is 428 g/mol. The Bertz CT molecular complexity index is 864. The van der Waals surface area contributed by atoms with E-state index < -0.39 is 0 Å². The van der Waals surface area contributed by atoms with E-state index in [-0.39, 0.29) is 18.0 Å². The van der Waals surface area contributed by atoms with Crippen LogP contribution in [0.15, 0.2) is 48.5 Å². The number of halogens is 1. The van der Waals surface area contributed by atoms with Crippen LogP contribution in [0.1, 0.15) is 41.2 Å². The number of carbonyl (C=O) groups excluding carboxylic acids is 1. The molecule has 3 N–H and O–H groups in total. The number of nitrogens with one attached hydrogen (secondary N) is 3. The van der Waals surface area contributed by atoms with Crippen molar-refractivity contribution < 1.29 is 4.79 Å². The largest absolute Gasteiger partial charge is 0.378 e. The number of amides is 1. The van der Waals surface area contributed by atoms with Gasteiger partial charge in [-0.05, 0) is 55.2 Å². The van der Waals surface area contributed by atoms with Gasteiger partial charge in [-0.25, -0.2) is 10.9 Å². The number of benzene rings is 2. The molecule has 1 amide bonds. The Kier molecular flexibility index (Phi) is 6.58. The van der Waals surface area contributed by atoms with Gasteiger partial charge in [-0.15, -0.1) is 0 Å². The lowest BCUT2D eigenvalue weighted by Crippen LogP contribution is -2.51. The van der Waals surface area contributed by atoms with Gasteiger partial charge in [-0.2, -0.15) is 0 Å². The van der Waals surface area contributed by atoms with Crippen LogP contribution in [0.3, 0.4) is 0 Å². The van der Waals surface area contributed by atoms with Crippen molar-refractivity contribution in [3.05, 3.63) is 64.7 Å². The highest BCUT2D eigenvalue weighted by molar-refractivity contribution is 6.30. The first-order chi connectivity index (χ1) is 14.5. The van der Waals surface area contributed by atoms with Crippen LogP contribution >= 0.6 is 11.6 Å². The Labute approximate surface area is 183 Å². The number of hydrogen-bond donors (Lipinski definition) is 3. The maximum absolute atomic E-state index is 12.7. The molecule has 0 aliphatic carbocycles. The molecule has 7 heteroatoms. The number of anilines is 1. The van der Waals surface area contributed by atoms with Crippen LogP contribution in [-0.2, 0) is 0 Å². The smallest absolute Gasteiger partial charge is 0.251 e. The molecule has 4 rings (SSSR count). The summed E-state index contributed by atoms with van der Waals surface area (Å²) >= 11 is 6.00. The van der Waals surface area contributed by atoms with Crippen molar-refractivity contribution in [1.82, 2.24) is 21.1 Å². The van der Waals surface area contributed by atoms with Crippen LogP contribution in [0.2, 0.25) is 5.02 Å². The molecule has 0 aromatic heterocycles. The fraction of sp³-hybridized carbons (Fsp3) is 0.435. The summed E-state index contributed by atoms with van der Waals surface area (Å²) in [7, 11) is 3.96. The van der Waals surface area contributed by atoms with Gasteiger partial charge in [0.15, 0.2) is 0 Å². The van der Waals surface area contributed by atoms with E-state index in [0.717, 1.165) is 48.6 Å². The van der Waals surface area contributed by atoms with E-state index >= 15 is 0 Å². The van der Waals surface area contributed by atoms with Gasteiger partial charge in [0, 0.05) is 55.5 Å². The van der Waals surface area contributed by atoms with E-state index in [0.29, 0.717) is 6.17 Å². The highest BCUT2D eigenvalue weighted by atomic mass is 35.5. The predicted octanol–water partition coefficient (Wildman–Crippen LogP) is 3.17. The highest BCUT2D eigenvalue weighted by Crippen LogP contribution is 2.26. The molecule has 0 saturated carbocycles. The van der Waals surface area contributed by atoms with Gasteiger partial charge in [0.05, 0.1) is 6.17 Å². The van der Waals surface area contributed by atoms with Crippen LogP contribution in [-0.4, -0.2) is 50.2 Å². The lowest BCUT2D eigenvalue weighted by atomic mass is 10.0. The van der Waals surface area contributed by atoms with Crippen LogP contribution in [0, 0.1) is 0 Å². The second-order valence-electron chi connectivity index (χ2n) is 8.37. The highest BCUT2D eigenvalue weighted by Gasteiger charge is 2.32. The third-order valence-electron chi connectivity index (χ3n) is 6.09. The molecule has 2 fully saturated rings. The van der Waals surface area contributed by atoms with Crippen molar-refractivity contribution in [2.75, 3.05) is 32.1 Å². The van der Waals surface area contributed by atoms with Gasteiger partial charge in [0.2, 0.25) is 0 Å². The summed E-state index contributed by atoms with van der Waals surface area (Å²) in [5.74, 6) is 0.0145. The fourth-order valence-corrected chi connectivity index (χ4v) is 4.37. The summed E-state index contributed by atoms with van der Waals surface area (Å²) in [4.78, 5) is 17.2. The van der Waals surface area contributed by atoms with Crippen molar-refractivity contribution >= 4 is 23.2 Å². The van der Waals surface area contributed by atoms with Gasteiger partial charge < -0.3 is 10.2 Å². The van der Waals surface area contributed by atoms with E-state index in [1.54, 1.807) is 0 Å². The maximum atomic E-state index is 12.7. The molecule has 160 valence electrons. The minimum Gasteiger partial charge on any atom is -0.378 e. The molecule has 30 heavy (non-hydrogen) atoms. The van der Waals surface area contributed by atoms with Crippen LogP contribution in [0.5, 0.6) is 0 Å². The lowest BCUT2D eigenvalue weighted by Gasteiger charge is -2.35. The molecule has 2 aliphatic heterocycles. The number of rotatable bonds is 5. The number of carbonyl (C=O) groups is 1. The van der Waals surface area contributed by atoms with E-state index in [4.69, 9.17) is 11.6 Å². The zero-order valence-corrected chi connectivity index (χ0v) is 18.3. The molecule has 0 bridgehead atoms. The SMILES string of the molecule is CN(C)c1cccc(C(=O)NC2CCN(C3CC(c4ccc(Cl)cc4)NN3)CC2)c1. The second-order valence-corrected chi connectivity index (χ2v) is 8.81. The first-order valence-corrected chi connectivity index (χ1v) is 11.0. The van der Waals surface area contributed by atoms with Gasteiger partial charge in [-0.3, -0.25) is 9.69 Å². The van der Waals surface area contributed by atoms with Gasteiger partial charge in [0.25, 0.3) is 5.91 Å². The van der Waals surface area contributed by atoms with Crippen molar-refractivity contribution in [2.45, 2.75) is 37.5 Å². The number of hydrazine groups is 1. The number of nitrogens with zero attached hydrogens (tertiary/aromatic N) is 2. The van der Waals surface area contributed by atoms with E-state index in [9.17, 15) is 4.79 Å². The monoisotopic (exact) mass is 427 g/mol. The molecule has 2 unspecified atom stereocenters. The molecular formula is C23H30ClN5O. The molecule has 2 aliphatic rings. The van der Waals surface area contributed by atoms with E-state index in [1.165, 1.54) is 5.56 Å². The zero-order chi connectivity index (χ0) is 21.1. The Morgan fingerprint density at radius 2 is 1.83 bits per heavy atom. The minimum absolute atomic E-state index is 0.0145. The predicted molar refractivity (Wildman–Crippen MR) is 122 cm³/mol. The third-order valence-corrected chi connectivity index (χ3v) is 6.34. The summed E-state index contributed by atoms with van der Waals surface area (Å²) in [5, 5.41) is 3.98.